The standard InChI is InChI=1S/C11H12N2OS2/c1-2-15-11-7(5-12)8(13)10(16-11)9(14)6-3-4-6/h6H,2-4,13H2,1H3. The molecule has 1 aliphatic rings. The first kappa shape index (κ1) is 11.5. The molecule has 1 saturated carbocycles. The number of nitrogens with two attached hydrogens (primary N) is 1. The maximum atomic E-state index is 11.9. The highest BCUT2D eigenvalue weighted by atomic mass is 32.2. The first-order valence-electron chi connectivity index (χ1n) is 5.18. The van der Waals surface area contributed by atoms with Crippen molar-refractivity contribution in [3.05, 3.63) is 10.4 Å². The van der Waals surface area contributed by atoms with Gasteiger partial charge in [-0.1, -0.05) is 6.92 Å². The predicted octanol–water partition coefficient (Wildman–Crippen LogP) is 2.91. The maximum absolute atomic E-state index is 11.9. The average Bonchev–Trinajstić information content (AvgIpc) is 3.05. The molecule has 2 rings (SSSR count). The average molecular weight is 252 g/mol. The lowest BCUT2D eigenvalue weighted by Crippen LogP contribution is -2.02. The molecule has 2 N–H and O–H groups in total. The summed E-state index contributed by atoms with van der Waals surface area (Å²) in [7, 11) is 0. The molecule has 0 radical (unpaired) electrons. The van der Waals surface area contributed by atoms with Gasteiger partial charge < -0.3 is 5.73 Å². The quantitative estimate of drug-likeness (QED) is 0.661. The maximum Gasteiger partial charge on any atom is 0.178 e. The van der Waals surface area contributed by atoms with E-state index in [4.69, 9.17) is 11.0 Å². The predicted molar refractivity (Wildman–Crippen MR) is 66.9 cm³/mol. The molecular formula is C11H12N2OS2. The van der Waals surface area contributed by atoms with Gasteiger partial charge in [-0.15, -0.1) is 23.1 Å². The molecule has 1 aromatic rings. The minimum atomic E-state index is 0.127. The number of hydrogen-bond acceptors (Lipinski definition) is 5. The van der Waals surface area contributed by atoms with Crippen LogP contribution in [0.15, 0.2) is 4.21 Å². The van der Waals surface area contributed by atoms with E-state index >= 15 is 0 Å². The molecule has 5 heteroatoms. The summed E-state index contributed by atoms with van der Waals surface area (Å²) in [6, 6.07) is 2.10. The van der Waals surface area contributed by atoms with Gasteiger partial charge in [0.15, 0.2) is 5.78 Å². The Morgan fingerprint density at radius 2 is 2.38 bits per heavy atom. The topological polar surface area (TPSA) is 66.9 Å². The van der Waals surface area contributed by atoms with Gasteiger partial charge in [0.2, 0.25) is 0 Å². The van der Waals surface area contributed by atoms with E-state index in [2.05, 4.69) is 6.07 Å². The summed E-state index contributed by atoms with van der Waals surface area (Å²) in [6.07, 6.45) is 1.93. The highest BCUT2D eigenvalue weighted by Crippen LogP contribution is 2.42. The molecule has 1 heterocycles. The zero-order chi connectivity index (χ0) is 11.7. The van der Waals surface area contributed by atoms with Crippen molar-refractivity contribution < 1.29 is 4.79 Å². The number of rotatable bonds is 4. The normalized spacial score (nSPS) is 14.8. The number of ketones is 1. The number of anilines is 1. The van der Waals surface area contributed by atoms with E-state index in [0.29, 0.717) is 16.1 Å². The highest BCUT2D eigenvalue weighted by Gasteiger charge is 2.34. The van der Waals surface area contributed by atoms with Crippen LogP contribution in [0, 0.1) is 17.2 Å². The molecule has 1 aromatic heterocycles. The van der Waals surface area contributed by atoms with Crippen LogP contribution in [0.25, 0.3) is 0 Å². The Kier molecular flexibility index (Phi) is 3.22. The fraction of sp³-hybridized carbons (Fsp3) is 0.455. The molecule has 1 aliphatic carbocycles. The van der Waals surface area contributed by atoms with E-state index in [9.17, 15) is 4.79 Å². The van der Waals surface area contributed by atoms with Crippen molar-refractivity contribution in [3.63, 3.8) is 0 Å². The summed E-state index contributed by atoms with van der Waals surface area (Å²) < 4.78 is 0.881. The molecule has 0 aromatic carbocycles. The van der Waals surface area contributed by atoms with E-state index in [1.165, 1.54) is 11.3 Å². The lowest BCUT2D eigenvalue weighted by molar-refractivity contribution is 0.0972. The van der Waals surface area contributed by atoms with Crippen LogP contribution in [0.4, 0.5) is 5.69 Å². The van der Waals surface area contributed by atoms with Crippen LogP contribution < -0.4 is 5.73 Å². The van der Waals surface area contributed by atoms with Crippen molar-refractivity contribution in [2.75, 3.05) is 11.5 Å². The fourth-order valence-electron chi connectivity index (χ4n) is 1.47. The van der Waals surface area contributed by atoms with E-state index in [0.717, 1.165) is 22.8 Å². The molecule has 0 spiro atoms. The van der Waals surface area contributed by atoms with E-state index in [-0.39, 0.29) is 11.7 Å². The molecule has 16 heavy (non-hydrogen) atoms. The number of thiophene rings is 1. The first-order valence-corrected chi connectivity index (χ1v) is 6.98. The molecule has 0 unspecified atom stereocenters. The number of nitrogen functional groups attached to an aromatic ring is 1. The van der Waals surface area contributed by atoms with Crippen LogP contribution in [0.2, 0.25) is 0 Å². The van der Waals surface area contributed by atoms with Gasteiger partial charge in [0.25, 0.3) is 0 Å². The Morgan fingerprint density at radius 3 is 2.88 bits per heavy atom. The second-order valence-corrected chi connectivity index (χ2v) is 6.24. The molecular weight excluding hydrogens is 240 g/mol. The third kappa shape index (κ3) is 1.95. The lowest BCUT2D eigenvalue weighted by Gasteiger charge is -1.95. The van der Waals surface area contributed by atoms with Crippen LogP contribution in [0.1, 0.15) is 35.0 Å². The minimum absolute atomic E-state index is 0.127. The number of carbonyl (C=O) groups is 1. The van der Waals surface area contributed by atoms with Crippen molar-refractivity contribution >= 4 is 34.6 Å². The van der Waals surface area contributed by atoms with Gasteiger partial charge in [-0.3, -0.25) is 4.79 Å². The molecule has 1 fully saturated rings. The minimum Gasteiger partial charge on any atom is -0.396 e. The van der Waals surface area contributed by atoms with Crippen LogP contribution in [0.5, 0.6) is 0 Å². The van der Waals surface area contributed by atoms with Gasteiger partial charge >= 0.3 is 0 Å². The molecule has 0 amide bonds. The Balaban J connectivity index is 2.39. The van der Waals surface area contributed by atoms with E-state index in [1.54, 1.807) is 11.8 Å². The van der Waals surface area contributed by atoms with Crippen LogP contribution in [0.3, 0.4) is 0 Å². The summed E-state index contributed by atoms with van der Waals surface area (Å²) in [5.74, 6) is 1.17. The number of carbonyl (C=O) groups excluding carboxylic acids is 1. The molecule has 0 atom stereocenters. The van der Waals surface area contributed by atoms with Crippen LogP contribution in [-0.2, 0) is 0 Å². The van der Waals surface area contributed by atoms with Crippen molar-refractivity contribution in [2.45, 2.75) is 24.0 Å². The third-order valence-corrected chi connectivity index (χ3v) is 4.85. The van der Waals surface area contributed by atoms with Gasteiger partial charge in [-0.05, 0) is 18.6 Å². The van der Waals surface area contributed by atoms with Gasteiger partial charge in [-0.2, -0.15) is 5.26 Å². The summed E-state index contributed by atoms with van der Waals surface area (Å²) in [6.45, 7) is 2.02. The fourth-order valence-corrected chi connectivity index (χ4v) is 3.80. The Labute approximate surface area is 103 Å². The number of thioether (sulfide) groups is 1. The second kappa shape index (κ2) is 4.48. The Hall–Kier alpha value is -0.990. The number of nitrogens with zero attached hydrogens (tertiary/aromatic N) is 1. The van der Waals surface area contributed by atoms with Crippen LogP contribution >= 0.6 is 23.1 Å². The first-order chi connectivity index (χ1) is 7.69. The van der Waals surface area contributed by atoms with Crippen molar-refractivity contribution in [3.8, 4) is 6.07 Å². The summed E-state index contributed by atoms with van der Waals surface area (Å²) in [5, 5.41) is 9.03. The second-order valence-electron chi connectivity index (χ2n) is 3.69. The molecule has 0 bridgehead atoms. The lowest BCUT2D eigenvalue weighted by atomic mass is 10.2. The largest absolute Gasteiger partial charge is 0.396 e. The molecule has 3 nitrogen and oxygen atoms in total. The highest BCUT2D eigenvalue weighted by molar-refractivity contribution is 8.01. The molecule has 84 valence electrons. The number of nitriles is 1. The zero-order valence-corrected chi connectivity index (χ0v) is 10.6. The zero-order valence-electron chi connectivity index (χ0n) is 8.95. The summed E-state index contributed by atoms with van der Waals surface area (Å²) in [5.41, 5.74) is 6.74. The summed E-state index contributed by atoms with van der Waals surface area (Å²) in [4.78, 5) is 12.5. The number of Topliss-reactive ketones (excluding diaryl/α,β-unsaturated/α-hetero) is 1. The Morgan fingerprint density at radius 1 is 1.69 bits per heavy atom. The molecule has 0 saturated heterocycles. The smallest absolute Gasteiger partial charge is 0.178 e. The van der Waals surface area contributed by atoms with Crippen molar-refractivity contribution in [1.82, 2.24) is 0 Å². The van der Waals surface area contributed by atoms with Gasteiger partial charge in [-0.25, -0.2) is 0 Å². The number of hydrogen-bond donors (Lipinski definition) is 1. The third-order valence-electron chi connectivity index (χ3n) is 2.47. The molecule has 0 aliphatic heterocycles. The van der Waals surface area contributed by atoms with E-state index < -0.39 is 0 Å². The van der Waals surface area contributed by atoms with Crippen molar-refractivity contribution in [2.24, 2.45) is 5.92 Å². The van der Waals surface area contributed by atoms with E-state index in [1.807, 2.05) is 6.92 Å². The van der Waals surface area contributed by atoms with Gasteiger partial charge in [0.1, 0.15) is 11.6 Å². The van der Waals surface area contributed by atoms with Crippen molar-refractivity contribution in [1.29, 1.82) is 5.26 Å². The van der Waals surface area contributed by atoms with Gasteiger partial charge in [0.05, 0.1) is 14.8 Å². The monoisotopic (exact) mass is 252 g/mol. The summed E-state index contributed by atoms with van der Waals surface area (Å²) >= 11 is 2.95. The SMILES string of the molecule is CCSc1sc(C(=O)C2CC2)c(N)c1C#N. The Bertz CT molecular complexity index is 469. The van der Waals surface area contributed by atoms with Gasteiger partial charge in [0, 0.05) is 5.92 Å². The van der Waals surface area contributed by atoms with Crippen LogP contribution in [-0.4, -0.2) is 11.5 Å².